The molecule has 3 aromatic rings. The zero-order valence-electron chi connectivity index (χ0n) is 10.8. The van der Waals surface area contributed by atoms with Crippen LogP contribution in [-0.2, 0) is 6.54 Å². The third kappa shape index (κ3) is 2.84. The van der Waals surface area contributed by atoms with Crippen molar-refractivity contribution >= 4 is 44.1 Å². The van der Waals surface area contributed by atoms with Crippen LogP contribution in [0.25, 0.3) is 10.9 Å². The van der Waals surface area contributed by atoms with E-state index in [1.165, 1.54) is 5.52 Å². The highest BCUT2D eigenvalue weighted by molar-refractivity contribution is 9.10. The molecule has 2 aromatic carbocycles. The lowest BCUT2D eigenvalue weighted by Gasteiger charge is -2.08. The van der Waals surface area contributed by atoms with Gasteiger partial charge in [0.25, 0.3) is 0 Å². The molecule has 0 aliphatic carbocycles. The molecule has 0 saturated carbocycles. The molecule has 1 aromatic heterocycles. The number of nitrogens with zero attached hydrogens (tertiary/aromatic N) is 1. The van der Waals surface area contributed by atoms with Crippen LogP contribution in [0.4, 0.5) is 5.69 Å². The van der Waals surface area contributed by atoms with Crippen LogP contribution in [0.15, 0.2) is 59.2 Å². The van der Waals surface area contributed by atoms with Gasteiger partial charge in [-0.25, -0.2) is 0 Å². The molecule has 0 atom stereocenters. The number of hydrogen-bond acceptors (Lipinski definition) is 1. The van der Waals surface area contributed by atoms with Gasteiger partial charge in [-0.1, -0.05) is 51.8 Å². The topological polar surface area (TPSA) is 17.0 Å². The van der Waals surface area contributed by atoms with Crippen molar-refractivity contribution in [3.8, 4) is 0 Å². The van der Waals surface area contributed by atoms with E-state index in [9.17, 15) is 0 Å². The zero-order valence-corrected chi connectivity index (χ0v) is 13.2. The van der Waals surface area contributed by atoms with Crippen molar-refractivity contribution < 1.29 is 0 Å². The monoisotopic (exact) mass is 348 g/mol. The fraction of sp³-hybridized carbons (Fsp3) is 0.125. The Bertz CT molecular complexity index is 736. The Hall–Kier alpha value is -1.45. The van der Waals surface area contributed by atoms with E-state index in [2.05, 4.69) is 50.1 Å². The van der Waals surface area contributed by atoms with Crippen LogP contribution in [0.2, 0.25) is 5.02 Å². The van der Waals surface area contributed by atoms with Crippen LogP contribution in [0.1, 0.15) is 0 Å². The van der Waals surface area contributed by atoms with Gasteiger partial charge < -0.3 is 9.88 Å². The summed E-state index contributed by atoms with van der Waals surface area (Å²) in [6.07, 6.45) is 1.99. The molecule has 3 rings (SSSR count). The first kappa shape index (κ1) is 13.5. The van der Waals surface area contributed by atoms with E-state index in [1.807, 2.05) is 30.5 Å². The fourth-order valence-electron chi connectivity index (χ4n) is 2.31. The second kappa shape index (κ2) is 5.90. The number of halogens is 2. The first-order valence-corrected chi connectivity index (χ1v) is 7.64. The largest absolute Gasteiger partial charge is 0.383 e. The minimum absolute atomic E-state index is 0.808. The summed E-state index contributed by atoms with van der Waals surface area (Å²) in [5, 5.41) is 5.33. The van der Waals surface area contributed by atoms with Crippen molar-refractivity contribution in [2.75, 3.05) is 11.9 Å². The predicted octanol–water partition coefficient (Wildman–Crippen LogP) is 5.17. The summed E-state index contributed by atoms with van der Waals surface area (Å²) in [6, 6.07) is 16.4. The normalized spacial score (nSPS) is 10.9. The highest BCUT2D eigenvalue weighted by Crippen LogP contribution is 2.25. The summed E-state index contributed by atoms with van der Waals surface area (Å²) in [6.45, 7) is 1.73. The second-order valence-corrected chi connectivity index (χ2v) is 5.95. The highest BCUT2D eigenvalue weighted by Gasteiger charge is 2.05. The molecule has 4 heteroatoms. The lowest BCUT2D eigenvalue weighted by molar-refractivity contribution is 0.757. The molecule has 0 fully saturated rings. The number of nitrogens with one attached hydrogen (secondary N) is 1. The summed E-state index contributed by atoms with van der Waals surface area (Å²) in [4.78, 5) is 0. The van der Waals surface area contributed by atoms with Crippen molar-refractivity contribution in [1.29, 1.82) is 0 Å². The predicted molar refractivity (Wildman–Crippen MR) is 89.6 cm³/mol. The molecule has 1 heterocycles. The van der Waals surface area contributed by atoms with E-state index in [0.717, 1.165) is 33.7 Å². The van der Waals surface area contributed by atoms with Crippen LogP contribution in [0.3, 0.4) is 0 Å². The quantitative estimate of drug-likeness (QED) is 0.687. The molecule has 0 bridgehead atoms. The van der Waals surface area contributed by atoms with Gasteiger partial charge in [-0.15, -0.1) is 0 Å². The number of benzene rings is 2. The van der Waals surface area contributed by atoms with Gasteiger partial charge in [0, 0.05) is 40.3 Å². The average molecular weight is 350 g/mol. The minimum Gasteiger partial charge on any atom is -0.383 e. The molecule has 2 nitrogen and oxygen atoms in total. The van der Waals surface area contributed by atoms with Gasteiger partial charge in [-0.2, -0.15) is 0 Å². The first-order valence-electron chi connectivity index (χ1n) is 6.47. The minimum atomic E-state index is 0.808. The Labute approximate surface area is 131 Å². The van der Waals surface area contributed by atoms with Gasteiger partial charge in [0.05, 0.1) is 5.02 Å². The lowest BCUT2D eigenvalue weighted by atomic mass is 10.2. The van der Waals surface area contributed by atoms with E-state index in [0.29, 0.717) is 0 Å². The molecule has 0 saturated heterocycles. The maximum atomic E-state index is 6.25. The first-order chi connectivity index (χ1) is 9.74. The van der Waals surface area contributed by atoms with Crippen LogP contribution < -0.4 is 5.32 Å². The van der Waals surface area contributed by atoms with Gasteiger partial charge in [-0.3, -0.25) is 0 Å². The Kier molecular flexibility index (Phi) is 3.99. The Morgan fingerprint density at radius 2 is 1.95 bits per heavy atom. The molecular formula is C16H14BrClN2. The van der Waals surface area contributed by atoms with Crippen LogP contribution in [0.5, 0.6) is 0 Å². The Balaban J connectivity index is 1.71. The molecule has 102 valence electrons. The maximum Gasteiger partial charge on any atom is 0.0661 e. The van der Waals surface area contributed by atoms with Crippen molar-refractivity contribution in [2.24, 2.45) is 0 Å². The van der Waals surface area contributed by atoms with Crippen LogP contribution in [-0.4, -0.2) is 11.1 Å². The molecule has 0 spiro atoms. The van der Waals surface area contributed by atoms with E-state index in [4.69, 9.17) is 11.6 Å². The molecule has 0 unspecified atom stereocenters. The van der Waals surface area contributed by atoms with Gasteiger partial charge in [0.2, 0.25) is 0 Å². The number of aromatic nitrogens is 1. The van der Waals surface area contributed by atoms with E-state index < -0.39 is 0 Å². The molecule has 1 N–H and O–H groups in total. The zero-order chi connectivity index (χ0) is 13.9. The number of rotatable bonds is 4. The number of fused-ring (bicyclic) bond motifs is 1. The lowest BCUT2D eigenvalue weighted by Crippen LogP contribution is -2.09. The second-order valence-electron chi connectivity index (χ2n) is 4.62. The van der Waals surface area contributed by atoms with Crippen molar-refractivity contribution in [3.63, 3.8) is 0 Å². The van der Waals surface area contributed by atoms with Gasteiger partial charge >= 0.3 is 0 Å². The van der Waals surface area contributed by atoms with Crippen LogP contribution >= 0.6 is 27.5 Å². The maximum absolute atomic E-state index is 6.25. The molecule has 20 heavy (non-hydrogen) atoms. The highest BCUT2D eigenvalue weighted by atomic mass is 79.9. The van der Waals surface area contributed by atoms with Crippen molar-refractivity contribution in [1.82, 2.24) is 4.57 Å². The number of anilines is 1. The molecular weight excluding hydrogens is 336 g/mol. The summed E-state index contributed by atoms with van der Waals surface area (Å²) in [5.74, 6) is 0. The van der Waals surface area contributed by atoms with Gasteiger partial charge in [0.1, 0.15) is 0 Å². The van der Waals surface area contributed by atoms with Crippen molar-refractivity contribution in [2.45, 2.75) is 6.54 Å². The molecule has 0 amide bonds. The van der Waals surface area contributed by atoms with Crippen LogP contribution in [0, 0.1) is 0 Å². The van der Waals surface area contributed by atoms with E-state index >= 15 is 0 Å². The molecule has 0 aliphatic rings. The third-order valence-electron chi connectivity index (χ3n) is 3.25. The SMILES string of the molecule is Clc1cn(CCNc2cccc(Br)c2)c2ccccc12. The third-order valence-corrected chi connectivity index (χ3v) is 4.04. The number of hydrogen-bond donors (Lipinski definition) is 1. The fourth-order valence-corrected chi connectivity index (χ4v) is 2.98. The average Bonchev–Trinajstić information content (AvgIpc) is 2.77. The van der Waals surface area contributed by atoms with E-state index in [1.54, 1.807) is 0 Å². The van der Waals surface area contributed by atoms with Gasteiger partial charge in [0.15, 0.2) is 0 Å². The summed E-state index contributed by atoms with van der Waals surface area (Å²) in [5.41, 5.74) is 2.29. The van der Waals surface area contributed by atoms with Crippen molar-refractivity contribution in [3.05, 3.63) is 64.2 Å². The van der Waals surface area contributed by atoms with E-state index in [-0.39, 0.29) is 0 Å². The summed E-state index contributed by atoms with van der Waals surface area (Å²) < 4.78 is 3.26. The molecule has 0 aliphatic heterocycles. The Morgan fingerprint density at radius 3 is 2.80 bits per heavy atom. The van der Waals surface area contributed by atoms with Gasteiger partial charge in [-0.05, 0) is 24.3 Å². The molecule has 0 radical (unpaired) electrons. The Morgan fingerprint density at radius 1 is 1.10 bits per heavy atom. The summed E-state index contributed by atoms with van der Waals surface area (Å²) in [7, 11) is 0. The number of para-hydroxylation sites is 1. The smallest absolute Gasteiger partial charge is 0.0661 e. The standard InChI is InChI=1S/C16H14BrClN2/c17-12-4-3-5-13(10-12)19-8-9-20-11-15(18)14-6-1-2-7-16(14)20/h1-7,10-11,19H,8-9H2. The summed E-state index contributed by atoms with van der Waals surface area (Å²) >= 11 is 9.72.